The zero-order valence-electron chi connectivity index (χ0n) is 9.55. The van der Waals surface area contributed by atoms with E-state index in [1.165, 1.54) is 11.1 Å². The molecule has 0 saturated heterocycles. The van der Waals surface area contributed by atoms with Crippen molar-refractivity contribution in [3.8, 4) is 5.75 Å². The van der Waals surface area contributed by atoms with Gasteiger partial charge in [-0.1, -0.05) is 6.07 Å². The van der Waals surface area contributed by atoms with E-state index in [2.05, 4.69) is 28.7 Å². The fraction of sp³-hybridized carbons (Fsp3) is 0.154. The van der Waals surface area contributed by atoms with Crippen molar-refractivity contribution in [3.05, 3.63) is 48.3 Å². The molecule has 0 saturated carbocycles. The highest BCUT2D eigenvalue weighted by atomic mass is 32.2. The minimum Gasteiger partial charge on any atom is -0.506 e. The van der Waals surface area contributed by atoms with Crippen LogP contribution in [0.15, 0.2) is 47.5 Å². The van der Waals surface area contributed by atoms with Crippen LogP contribution in [0.2, 0.25) is 0 Å². The lowest BCUT2D eigenvalue weighted by atomic mass is 10.3. The van der Waals surface area contributed by atoms with Crippen LogP contribution in [0.3, 0.4) is 0 Å². The van der Waals surface area contributed by atoms with E-state index >= 15 is 0 Å². The summed E-state index contributed by atoms with van der Waals surface area (Å²) in [6.07, 6.45) is 3.51. The van der Waals surface area contributed by atoms with Crippen LogP contribution in [-0.2, 0) is 6.54 Å². The second-order valence-electron chi connectivity index (χ2n) is 3.59. The molecule has 0 amide bonds. The number of anilines is 1. The maximum absolute atomic E-state index is 9.12. The molecule has 0 unspecified atom stereocenters. The van der Waals surface area contributed by atoms with Gasteiger partial charge in [-0.3, -0.25) is 4.98 Å². The van der Waals surface area contributed by atoms with Gasteiger partial charge in [-0.25, -0.2) is 0 Å². The van der Waals surface area contributed by atoms with Gasteiger partial charge in [0, 0.05) is 10.6 Å². The smallest absolute Gasteiger partial charge is 0.133 e. The number of nitrogens with one attached hydrogen (secondary N) is 1. The Hall–Kier alpha value is -1.68. The molecule has 88 valence electrons. The number of hydrogen-bond donors (Lipinski definition) is 2. The molecule has 2 N–H and O–H groups in total. The number of hydrogen-bond acceptors (Lipinski definition) is 4. The van der Waals surface area contributed by atoms with Gasteiger partial charge in [-0.2, -0.15) is 0 Å². The van der Waals surface area contributed by atoms with Gasteiger partial charge in [0.05, 0.1) is 18.4 Å². The Morgan fingerprint density at radius 1 is 1.29 bits per heavy atom. The summed E-state index contributed by atoms with van der Waals surface area (Å²) in [7, 11) is 0. The van der Waals surface area contributed by atoms with Crippen LogP contribution in [0.5, 0.6) is 5.75 Å². The molecule has 1 aromatic heterocycles. The highest BCUT2D eigenvalue weighted by Crippen LogP contribution is 2.19. The maximum atomic E-state index is 9.12. The summed E-state index contributed by atoms with van der Waals surface area (Å²) in [6, 6.07) is 11.7. The summed E-state index contributed by atoms with van der Waals surface area (Å²) in [4.78, 5) is 5.35. The number of nitrogens with zero attached hydrogens (tertiary/aromatic N) is 1. The Balaban J connectivity index is 1.99. The van der Waals surface area contributed by atoms with E-state index in [0.29, 0.717) is 6.54 Å². The van der Waals surface area contributed by atoms with Crippen LogP contribution in [0, 0.1) is 0 Å². The topological polar surface area (TPSA) is 45.1 Å². The monoisotopic (exact) mass is 246 g/mol. The van der Waals surface area contributed by atoms with E-state index < -0.39 is 0 Å². The number of benzene rings is 1. The number of thioether (sulfide) groups is 1. The van der Waals surface area contributed by atoms with E-state index in [1.54, 1.807) is 23.9 Å². The summed E-state index contributed by atoms with van der Waals surface area (Å²) in [5, 5.41) is 12.4. The molecule has 4 heteroatoms. The summed E-state index contributed by atoms with van der Waals surface area (Å²) in [6.45, 7) is 0.651. The quantitative estimate of drug-likeness (QED) is 0.814. The molecule has 0 aliphatic heterocycles. The normalized spacial score (nSPS) is 10.2. The van der Waals surface area contributed by atoms with Crippen molar-refractivity contribution in [1.29, 1.82) is 0 Å². The van der Waals surface area contributed by atoms with Gasteiger partial charge >= 0.3 is 0 Å². The molecule has 0 atom stereocenters. The van der Waals surface area contributed by atoms with Crippen LogP contribution in [0.4, 0.5) is 5.69 Å². The molecule has 0 aliphatic rings. The number of aromatic nitrogens is 1. The summed E-state index contributed by atoms with van der Waals surface area (Å²) >= 11 is 1.72. The SMILES string of the molecule is CSc1cccc(NCc2ccc(O)cn2)c1. The molecule has 17 heavy (non-hydrogen) atoms. The van der Waals surface area contributed by atoms with Crippen molar-refractivity contribution in [1.82, 2.24) is 4.98 Å². The van der Waals surface area contributed by atoms with E-state index in [4.69, 9.17) is 5.11 Å². The number of rotatable bonds is 4. The molecule has 1 heterocycles. The average Bonchev–Trinajstić information content (AvgIpc) is 2.38. The lowest BCUT2D eigenvalue weighted by molar-refractivity contribution is 0.472. The second kappa shape index (κ2) is 5.59. The van der Waals surface area contributed by atoms with Crippen molar-refractivity contribution < 1.29 is 5.11 Å². The first-order chi connectivity index (χ1) is 8.28. The first kappa shape index (κ1) is 11.8. The average molecular weight is 246 g/mol. The second-order valence-corrected chi connectivity index (χ2v) is 4.47. The predicted molar refractivity (Wildman–Crippen MR) is 71.5 cm³/mol. The lowest BCUT2D eigenvalue weighted by Crippen LogP contribution is -2.00. The van der Waals surface area contributed by atoms with Crippen LogP contribution in [0.25, 0.3) is 0 Å². The third-order valence-corrected chi connectivity index (χ3v) is 3.08. The number of aromatic hydroxyl groups is 1. The molecular formula is C13H14N2OS. The highest BCUT2D eigenvalue weighted by molar-refractivity contribution is 7.98. The molecule has 0 spiro atoms. The van der Waals surface area contributed by atoms with Crippen LogP contribution < -0.4 is 5.32 Å². The fourth-order valence-electron chi connectivity index (χ4n) is 1.45. The molecule has 2 rings (SSSR count). The van der Waals surface area contributed by atoms with Gasteiger partial charge < -0.3 is 10.4 Å². The molecule has 0 bridgehead atoms. The Morgan fingerprint density at radius 3 is 2.88 bits per heavy atom. The van der Waals surface area contributed by atoms with Crippen molar-refractivity contribution >= 4 is 17.4 Å². The molecular weight excluding hydrogens is 232 g/mol. The summed E-state index contributed by atoms with van der Waals surface area (Å²) in [5.41, 5.74) is 1.98. The Kier molecular flexibility index (Phi) is 3.88. The zero-order valence-corrected chi connectivity index (χ0v) is 10.4. The molecule has 0 aliphatic carbocycles. The fourth-order valence-corrected chi connectivity index (χ4v) is 1.91. The highest BCUT2D eigenvalue weighted by Gasteiger charge is 1.97. The van der Waals surface area contributed by atoms with Gasteiger partial charge in [0.15, 0.2) is 0 Å². The van der Waals surface area contributed by atoms with Gasteiger partial charge in [-0.15, -0.1) is 11.8 Å². The maximum Gasteiger partial charge on any atom is 0.133 e. The summed E-state index contributed by atoms with van der Waals surface area (Å²) in [5.74, 6) is 0.193. The Morgan fingerprint density at radius 2 is 2.18 bits per heavy atom. The van der Waals surface area contributed by atoms with Crippen LogP contribution in [-0.4, -0.2) is 16.3 Å². The molecule has 2 aromatic rings. The standard InChI is InChI=1S/C13H14N2OS/c1-17-13-4-2-3-10(7-13)14-8-11-5-6-12(16)9-15-11/h2-7,9,14,16H,8H2,1H3. The third kappa shape index (κ3) is 3.39. The number of pyridine rings is 1. The third-order valence-electron chi connectivity index (χ3n) is 2.35. The van der Waals surface area contributed by atoms with E-state index in [1.807, 2.05) is 12.1 Å². The first-order valence-corrected chi connectivity index (χ1v) is 6.52. The van der Waals surface area contributed by atoms with Crippen molar-refractivity contribution in [2.45, 2.75) is 11.4 Å². The van der Waals surface area contributed by atoms with Crippen molar-refractivity contribution in [3.63, 3.8) is 0 Å². The van der Waals surface area contributed by atoms with Gasteiger partial charge in [0.25, 0.3) is 0 Å². The van der Waals surface area contributed by atoms with Crippen molar-refractivity contribution in [2.24, 2.45) is 0 Å². The van der Waals surface area contributed by atoms with E-state index in [9.17, 15) is 0 Å². The largest absolute Gasteiger partial charge is 0.506 e. The van der Waals surface area contributed by atoms with E-state index in [0.717, 1.165) is 11.4 Å². The molecule has 0 fully saturated rings. The minimum absolute atomic E-state index is 0.193. The van der Waals surface area contributed by atoms with Crippen LogP contribution >= 0.6 is 11.8 Å². The zero-order chi connectivity index (χ0) is 12.1. The summed E-state index contributed by atoms with van der Waals surface area (Å²) < 4.78 is 0. The lowest BCUT2D eigenvalue weighted by Gasteiger charge is -2.07. The molecule has 0 radical (unpaired) electrons. The van der Waals surface area contributed by atoms with Gasteiger partial charge in [0.1, 0.15) is 5.75 Å². The van der Waals surface area contributed by atoms with E-state index in [-0.39, 0.29) is 5.75 Å². The van der Waals surface area contributed by atoms with Crippen molar-refractivity contribution in [2.75, 3.05) is 11.6 Å². The van der Waals surface area contributed by atoms with Crippen LogP contribution in [0.1, 0.15) is 5.69 Å². The Labute approximate surface area is 105 Å². The first-order valence-electron chi connectivity index (χ1n) is 5.30. The Bertz CT molecular complexity index is 485. The predicted octanol–water partition coefficient (Wildman–Crippen LogP) is 3.12. The minimum atomic E-state index is 0.193. The molecule has 1 aromatic carbocycles. The van der Waals surface area contributed by atoms with Gasteiger partial charge in [0.2, 0.25) is 0 Å². The van der Waals surface area contributed by atoms with Gasteiger partial charge in [-0.05, 0) is 36.6 Å². The molecule has 3 nitrogen and oxygen atoms in total.